The molecule has 0 saturated heterocycles. The van der Waals surface area contributed by atoms with Gasteiger partial charge in [-0.2, -0.15) is 0 Å². The topological polar surface area (TPSA) is 43.4 Å². The zero-order valence-electron chi connectivity index (χ0n) is 27.7. The second-order valence-corrected chi connectivity index (χ2v) is 15.8. The number of rotatable bonds is 15. The monoisotopic (exact) mass is 568 g/mol. The maximum absolute atomic E-state index is 12.6. The molecule has 4 aliphatic carbocycles. The van der Waals surface area contributed by atoms with Crippen LogP contribution in [0.5, 0.6) is 0 Å². The third-order valence-corrected chi connectivity index (χ3v) is 13.3. The van der Waals surface area contributed by atoms with E-state index in [1.54, 1.807) is 5.57 Å². The van der Waals surface area contributed by atoms with Crippen molar-refractivity contribution < 1.29 is 14.3 Å². The molecule has 1 unspecified atom stereocenters. The molecule has 234 valence electrons. The van der Waals surface area contributed by atoms with Crippen LogP contribution in [0.2, 0.25) is 0 Å². The Balaban J connectivity index is 1.30. The van der Waals surface area contributed by atoms with E-state index >= 15 is 0 Å². The Morgan fingerprint density at radius 2 is 1.73 bits per heavy atom. The number of allylic oxidation sites excluding steroid dienone is 1. The van der Waals surface area contributed by atoms with Crippen LogP contribution in [-0.4, -0.2) is 18.4 Å². The number of carbonyl (C=O) groups excluding carboxylic acids is 2. The molecule has 0 radical (unpaired) electrons. The van der Waals surface area contributed by atoms with Crippen molar-refractivity contribution in [2.75, 3.05) is 0 Å². The zero-order valence-corrected chi connectivity index (χ0v) is 27.7. The normalized spacial score (nSPS) is 36.1. The molecule has 41 heavy (non-hydrogen) atoms. The van der Waals surface area contributed by atoms with Gasteiger partial charge in [0.1, 0.15) is 12.4 Å². The maximum Gasteiger partial charge on any atom is 0.306 e. The first-order chi connectivity index (χ1) is 19.6. The number of unbranched alkanes of at least 4 members (excludes halogenated alkanes) is 5. The van der Waals surface area contributed by atoms with Gasteiger partial charge >= 0.3 is 5.97 Å². The molecule has 3 nitrogen and oxygen atoms in total. The third-order valence-electron chi connectivity index (χ3n) is 13.3. The molecule has 4 rings (SSSR count). The van der Waals surface area contributed by atoms with E-state index in [0.717, 1.165) is 92.7 Å². The van der Waals surface area contributed by atoms with Crippen molar-refractivity contribution in [3.63, 3.8) is 0 Å². The van der Waals surface area contributed by atoms with E-state index in [4.69, 9.17) is 4.74 Å². The predicted octanol–water partition coefficient (Wildman–Crippen LogP) is 10.5. The second-order valence-electron chi connectivity index (χ2n) is 15.8. The number of carbonyl (C=O) groups is 2. The Hall–Kier alpha value is -1.12. The maximum atomic E-state index is 12.6. The summed E-state index contributed by atoms with van der Waals surface area (Å²) in [5.74, 6) is 6.02. The van der Waals surface area contributed by atoms with Crippen LogP contribution >= 0.6 is 0 Å². The van der Waals surface area contributed by atoms with Crippen LogP contribution < -0.4 is 0 Å². The Morgan fingerprint density at radius 3 is 2.46 bits per heavy atom. The molecule has 0 N–H and O–H groups in total. The van der Waals surface area contributed by atoms with Gasteiger partial charge in [-0.3, -0.25) is 4.79 Å². The van der Waals surface area contributed by atoms with E-state index in [1.165, 1.54) is 57.8 Å². The quantitative estimate of drug-likeness (QED) is 0.0854. The van der Waals surface area contributed by atoms with E-state index in [1.807, 2.05) is 0 Å². The van der Waals surface area contributed by atoms with E-state index in [2.05, 4.69) is 47.6 Å². The zero-order chi connectivity index (χ0) is 29.6. The molecule has 0 aromatic carbocycles. The van der Waals surface area contributed by atoms with Crippen LogP contribution in [0, 0.1) is 52.3 Å². The minimum Gasteiger partial charge on any atom is -0.462 e. The summed E-state index contributed by atoms with van der Waals surface area (Å²) in [6.45, 7) is 15.1. The lowest BCUT2D eigenvalue weighted by molar-refractivity contribution is -0.151. The third kappa shape index (κ3) is 7.34. The molecule has 0 aliphatic heterocycles. The fourth-order valence-electron chi connectivity index (χ4n) is 10.7. The van der Waals surface area contributed by atoms with Crippen LogP contribution in [0.4, 0.5) is 0 Å². The van der Waals surface area contributed by atoms with Crippen molar-refractivity contribution in [1.29, 1.82) is 0 Å². The van der Waals surface area contributed by atoms with Crippen LogP contribution in [0.3, 0.4) is 0 Å². The van der Waals surface area contributed by atoms with Gasteiger partial charge in [0.2, 0.25) is 0 Å². The largest absolute Gasteiger partial charge is 0.462 e. The molecule has 3 fully saturated rings. The molecular weight excluding hydrogens is 504 g/mol. The highest BCUT2D eigenvalue weighted by atomic mass is 16.5. The minimum absolute atomic E-state index is 0.000942. The Kier molecular flexibility index (Phi) is 11.7. The Morgan fingerprint density at radius 1 is 0.976 bits per heavy atom. The highest BCUT2D eigenvalue weighted by Crippen LogP contribution is 2.67. The minimum atomic E-state index is -0.000942. The molecule has 9 atom stereocenters. The molecule has 0 amide bonds. The van der Waals surface area contributed by atoms with Crippen LogP contribution in [-0.2, 0) is 14.3 Å². The summed E-state index contributed by atoms with van der Waals surface area (Å²) >= 11 is 0. The fourth-order valence-corrected chi connectivity index (χ4v) is 10.7. The van der Waals surface area contributed by atoms with Crippen molar-refractivity contribution in [3.05, 3.63) is 11.6 Å². The van der Waals surface area contributed by atoms with Gasteiger partial charge in [-0.25, -0.2) is 0 Å². The highest BCUT2D eigenvalue weighted by Gasteiger charge is 2.59. The average Bonchev–Trinajstić information content (AvgIpc) is 3.30. The summed E-state index contributed by atoms with van der Waals surface area (Å²) in [5.41, 5.74) is 2.45. The first-order valence-electron chi connectivity index (χ1n) is 18.0. The average molecular weight is 569 g/mol. The number of fused-ring (bicyclic) bond motifs is 5. The van der Waals surface area contributed by atoms with Crippen molar-refractivity contribution >= 4 is 12.3 Å². The second kappa shape index (κ2) is 14.6. The van der Waals surface area contributed by atoms with Crippen molar-refractivity contribution in [3.8, 4) is 0 Å². The molecule has 3 heteroatoms. The fraction of sp³-hybridized carbons (Fsp3) is 0.895. The molecule has 0 aromatic heterocycles. The molecule has 0 aromatic rings. The predicted molar refractivity (Wildman–Crippen MR) is 170 cm³/mol. The van der Waals surface area contributed by atoms with Crippen molar-refractivity contribution in [2.24, 2.45) is 52.3 Å². The van der Waals surface area contributed by atoms with Crippen molar-refractivity contribution in [2.45, 2.75) is 163 Å². The van der Waals surface area contributed by atoms with Gasteiger partial charge in [0, 0.05) is 19.3 Å². The highest BCUT2D eigenvalue weighted by molar-refractivity contribution is 5.69. The van der Waals surface area contributed by atoms with Gasteiger partial charge in [-0.1, -0.05) is 85.3 Å². The first-order valence-corrected chi connectivity index (χ1v) is 18.0. The summed E-state index contributed by atoms with van der Waals surface area (Å²) in [6.07, 6.45) is 24.4. The molecule has 0 bridgehead atoms. The molecule has 3 saturated carbocycles. The van der Waals surface area contributed by atoms with Crippen molar-refractivity contribution in [1.82, 2.24) is 0 Å². The summed E-state index contributed by atoms with van der Waals surface area (Å²) in [4.78, 5) is 23.0. The van der Waals surface area contributed by atoms with Gasteiger partial charge < -0.3 is 9.53 Å². The van der Waals surface area contributed by atoms with E-state index < -0.39 is 0 Å². The van der Waals surface area contributed by atoms with Gasteiger partial charge in [-0.15, -0.1) is 0 Å². The number of ether oxygens (including phenoxy) is 1. The summed E-state index contributed by atoms with van der Waals surface area (Å²) in [5, 5.41) is 0. The van der Waals surface area contributed by atoms with Crippen LogP contribution in [0.15, 0.2) is 11.6 Å². The number of esters is 1. The summed E-state index contributed by atoms with van der Waals surface area (Å²) < 4.78 is 6.03. The van der Waals surface area contributed by atoms with E-state index in [0.29, 0.717) is 23.7 Å². The lowest BCUT2D eigenvalue weighted by atomic mass is 9.47. The number of hydrogen-bond acceptors (Lipinski definition) is 3. The number of hydrogen-bond donors (Lipinski definition) is 0. The molecule has 0 spiro atoms. The van der Waals surface area contributed by atoms with Gasteiger partial charge in [0.25, 0.3) is 0 Å². The summed E-state index contributed by atoms with van der Waals surface area (Å²) in [7, 11) is 0. The molecule has 4 aliphatic rings. The Bertz CT molecular complexity index is 890. The Labute approximate surface area is 253 Å². The standard InChI is InChI=1S/C38H64O3/c1-7-29(27(2)3)16-15-28(4)33-19-20-34-32-18-17-30-26-31(41-36(40)14-12-10-8-9-11-13-25-39)21-23-37(30,5)35(32)22-24-38(33,34)6/h17,25,27-29,31-35H,7-16,18-24,26H2,1-6H3/t28-,29-,31?,32+,33-,34+,35+,37+,38-/m1/s1. The molecular formula is C38H64O3. The lowest BCUT2D eigenvalue weighted by Gasteiger charge is -2.58. The van der Waals surface area contributed by atoms with Crippen LogP contribution in [0.25, 0.3) is 0 Å². The first kappa shape index (κ1) is 32.8. The van der Waals surface area contributed by atoms with Gasteiger partial charge in [0.15, 0.2) is 0 Å². The van der Waals surface area contributed by atoms with E-state index in [9.17, 15) is 9.59 Å². The SMILES string of the molecule is CC[C@H](CC[C@@H](C)[C@H]1CC[C@H]2[C@@H]3CC=C4CC(OC(=O)CCCCCCCC=O)CC[C@]4(C)[C@H]3CC[C@]12C)C(C)C. The summed E-state index contributed by atoms with van der Waals surface area (Å²) in [6, 6.07) is 0. The van der Waals surface area contributed by atoms with Gasteiger partial charge in [-0.05, 0) is 116 Å². The molecule has 0 heterocycles. The van der Waals surface area contributed by atoms with E-state index in [-0.39, 0.29) is 12.1 Å². The number of aldehydes is 1. The van der Waals surface area contributed by atoms with Crippen LogP contribution in [0.1, 0.15) is 157 Å². The lowest BCUT2D eigenvalue weighted by Crippen LogP contribution is -2.51. The van der Waals surface area contributed by atoms with Gasteiger partial charge in [0.05, 0.1) is 0 Å². The smallest absolute Gasteiger partial charge is 0.306 e.